The molecule has 0 aliphatic carbocycles. The van der Waals surface area contributed by atoms with Crippen LogP contribution in [0.2, 0.25) is 5.02 Å². The molecule has 2 aromatic rings. The van der Waals surface area contributed by atoms with Gasteiger partial charge in [-0.3, -0.25) is 9.58 Å². The minimum absolute atomic E-state index is 0.666. The molecule has 7 heteroatoms. The molecule has 1 aliphatic heterocycles. The second-order valence-corrected chi connectivity index (χ2v) is 7.77. The average Bonchev–Trinajstić information content (AvgIpc) is 2.93. The van der Waals surface area contributed by atoms with E-state index >= 15 is 0 Å². The Labute approximate surface area is 173 Å². The van der Waals surface area contributed by atoms with Crippen LogP contribution in [-0.4, -0.2) is 58.3 Å². The lowest BCUT2D eigenvalue weighted by Gasteiger charge is -2.36. The zero-order valence-corrected chi connectivity index (χ0v) is 18.1. The SMILES string of the molecule is CCNC(=NCc1c(C)nn(C)c1C)N1CCN(Cc2ccc(Cl)cc2)CC1. The van der Waals surface area contributed by atoms with Gasteiger partial charge in [0, 0.05) is 62.6 Å². The molecule has 1 fully saturated rings. The molecule has 0 spiro atoms. The van der Waals surface area contributed by atoms with Crippen LogP contribution in [0, 0.1) is 13.8 Å². The number of aryl methyl sites for hydroxylation is 2. The summed E-state index contributed by atoms with van der Waals surface area (Å²) >= 11 is 5.99. The standard InChI is InChI=1S/C21H31ClN6/c1-5-23-21(24-14-20-16(2)25-26(4)17(20)3)28-12-10-27(11-13-28)15-18-6-8-19(22)9-7-18/h6-9H,5,10-15H2,1-4H3,(H,23,24). The van der Waals surface area contributed by atoms with Crippen molar-refractivity contribution in [3.05, 3.63) is 51.8 Å². The molecule has 1 N–H and O–H groups in total. The largest absolute Gasteiger partial charge is 0.357 e. The van der Waals surface area contributed by atoms with Crippen LogP contribution in [0.3, 0.4) is 0 Å². The van der Waals surface area contributed by atoms with E-state index in [1.807, 2.05) is 23.9 Å². The average molecular weight is 403 g/mol. The number of piperazine rings is 1. The lowest BCUT2D eigenvalue weighted by atomic mass is 10.2. The Bertz CT molecular complexity index is 803. The number of rotatable bonds is 5. The van der Waals surface area contributed by atoms with Crippen LogP contribution in [-0.2, 0) is 20.1 Å². The van der Waals surface area contributed by atoms with Crippen LogP contribution in [0.5, 0.6) is 0 Å². The van der Waals surface area contributed by atoms with Gasteiger partial charge < -0.3 is 10.2 Å². The maximum absolute atomic E-state index is 5.99. The first-order valence-corrected chi connectivity index (χ1v) is 10.3. The Morgan fingerprint density at radius 3 is 2.39 bits per heavy atom. The summed E-state index contributed by atoms with van der Waals surface area (Å²) in [6.07, 6.45) is 0. The first-order chi connectivity index (χ1) is 13.5. The van der Waals surface area contributed by atoms with E-state index in [0.717, 1.165) is 55.9 Å². The smallest absolute Gasteiger partial charge is 0.194 e. The van der Waals surface area contributed by atoms with Gasteiger partial charge >= 0.3 is 0 Å². The number of nitrogens with zero attached hydrogens (tertiary/aromatic N) is 5. The van der Waals surface area contributed by atoms with E-state index in [2.05, 4.69) is 53.1 Å². The van der Waals surface area contributed by atoms with Gasteiger partial charge in [-0.05, 0) is 38.5 Å². The molecule has 152 valence electrons. The monoisotopic (exact) mass is 402 g/mol. The van der Waals surface area contributed by atoms with Crippen molar-refractivity contribution >= 4 is 17.6 Å². The number of hydrogen-bond donors (Lipinski definition) is 1. The zero-order chi connectivity index (χ0) is 20.1. The van der Waals surface area contributed by atoms with Crippen molar-refractivity contribution in [1.82, 2.24) is 24.9 Å². The minimum Gasteiger partial charge on any atom is -0.357 e. The molecule has 6 nitrogen and oxygen atoms in total. The Morgan fingerprint density at radius 1 is 1.14 bits per heavy atom. The Morgan fingerprint density at radius 2 is 1.82 bits per heavy atom. The highest BCUT2D eigenvalue weighted by atomic mass is 35.5. The predicted octanol–water partition coefficient (Wildman–Crippen LogP) is 2.97. The van der Waals surface area contributed by atoms with E-state index in [1.165, 1.54) is 16.8 Å². The highest BCUT2D eigenvalue weighted by Gasteiger charge is 2.20. The number of guanidine groups is 1. The van der Waals surface area contributed by atoms with Crippen LogP contribution in [0.25, 0.3) is 0 Å². The Kier molecular flexibility index (Phi) is 6.97. The molecular formula is C21H31ClN6. The second kappa shape index (κ2) is 9.43. The van der Waals surface area contributed by atoms with Gasteiger partial charge in [-0.15, -0.1) is 0 Å². The van der Waals surface area contributed by atoms with Crippen molar-refractivity contribution in [2.45, 2.75) is 33.9 Å². The van der Waals surface area contributed by atoms with Crippen LogP contribution < -0.4 is 5.32 Å². The van der Waals surface area contributed by atoms with Crippen molar-refractivity contribution in [3.63, 3.8) is 0 Å². The van der Waals surface area contributed by atoms with Crippen LogP contribution in [0.4, 0.5) is 0 Å². The maximum atomic E-state index is 5.99. The van der Waals surface area contributed by atoms with Crippen LogP contribution in [0.15, 0.2) is 29.3 Å². The fraction of sp³-hybridized carbons (Fsp3) is 0.524. The third-order valence-electron chi connectivity index (χ3n) is 5.37. The number of halogens is 1. The normalized spacial score (nSPS) is 15.9. The maximum Gasteiger partial charge on any atom is 0.194 e. The van der Waals surface area contributed by atoms with Gasteiger partial charge in [0.15, 0.2) is 5.96 Å². The fourth-order valence-electron chi connectivity index (χ4n) is 3.59. The van der Waals surface area contributed by atoms with Crippen LogP contribution >= 0.6 is 11.6 Å². The van der Waals surface area contributed by atoms with Crippen molar-refractivity contribution in [1.29, 1.82) is 0 Å². The molecule has 0 amide bonds. The molecule has 0 radical (unpaired) electrons. The van der Waals surface area contributed by atoms with Gasteiger partial charge in [0.2, 0.25) is 0 Å². The number of hydrogen-bond acceptors (Lipinski definition) is 3. The van der Waals surface area contributed by atoms with E-state index in [9.17, 15) is 0 Å². The van der Waals surface area contributed by atoms with Gasteiger partial charge in [0.25, 0.3) is 0 Å². The minimum atomic E-state index is 0.666. The number of aromatic nitrogens is 2. The number of nitrogens with one attached hydrogen (secondary N) is 1. The summed E-state index contributed by atoms with van der Waals surface area (Å²) in [6, 6.07) is 8.15. The van der Waals surface area contributed by atoms with Crippen molar-refractivity contribution in [3.8, 4) is 0 Å². The summed E-state index contributed by atoms with van der Waals surface area (Å²) < 4.78 is 1.93. The summed E-state index contributed by atoms with van der Waals surface area (Å²) in [5.74, 6) is 0.997. The fourth-order valence-corrected chi connectivity index (χ4v) is 3.72. The molecular weight excluding hydrogens is 372 g/mol. The Hall–Kier alpha value is -2.05. The Balaban J connectivity index is 1.60. The quantitative estimate of drug-likeness (QED) is 0.617. The summed E-state index contributed by atoms with van der Waals surface area (Å²) in [6.45, 7) is 12.8. The molecule has 0 bridgehead atoms. The van der Waals surface area contributed by atoms with Gasteiger partial charge in [0.1, 0.15) is 0 Å². The molecule has 1 saturated heterocycles. The molecule has 0 saturated carbocycles. The number of benzene rings is 1. The lowest BCUT2D eigenvalue weighted by Crippen LogP contribution is -2.52. The van der Waals surface area contributed by atoms with E-state index in [-0.39, 0.29) is 0 Å². The molecule has 1 aromatic heterocycles. The molecule has 1 aromatic carbocycles. The van der Waals surface area contributed by atoms with E-state index < -0.39 is 0 Å². The lowest BCUT2D eigenvalue weighted by molar-refractivity contribution is 0.172. The zero-order valence-electron chi connectivity index (χ0n) is 17.4. The molecule has 2 heterocycles. The number of aliphatic imine (C=N–C) groups is 1. The first-order valence-electron chi connectivity index (χ1n) is 9.97. The van der Waals surface area contributed by atoms with Crippen molar-refractivity contribution in [2.24, 2.45) is 12.0 Å². The van der Waals surface area contributed by atoms with E-state index in [0.29, 0.717) is 6.54 Å². The molecule has 0 atom stereocenters. The molecule has 3 rings (SSSR count). The van der Waals surface area contributed by atoms with E-state index in [1.54, 1.807) is 0 Å². The molecule has 0 unspecified atom stereocenters. The van der Waals surface area contributed by atoms with Crippen LogP contribution in [0.1, 0.15) is 29.4 Å². The third-order valence-corrected chi connectivity index (χ3v) is 5.62. The molecule has 1 aliphatic rings. The second-order valence-electron chi connectivity index (χ2n) is 7.33. The van der Waals surface area contributed by atoms with Gasteiger partial charge in [-0.1, -0.05) is 23.7 Å². The summed E-state index contributed by atoms with van der Waals surface area (Å²) in [7, 11) is 1.99. The van der Waals surface area contributed by atoms with Gasteiger partial charge in [-0.25, -0.2) is 4.99 Å². The van der Waals surface area contributed by atoms with Gasteiger partial charge in [-0.2, -0.15) is 5.10 Å². The highest BCUT2D eigenvalue weighted by Crippen LogP contribution is 2.15. The highest BCUT2D eigenvalue weighted by molar-refractivity contribution is 6.30. The summed E-state index contributed by atoms with van der Waals surface area (Å²) in [5.41, 5.74) is 4.78. The third kappa shape index (κ3) is 5.06. The van der Waals surface area contributed by atoms with Crippen molar-refractivity contribution in [2.75, 3.05) is 32.7 Å². The van der Waals surface area contributed by atoms with Crippen molar-refractivity contribution < 1.29 is 0 Å². The topological polar surface area (TPSA) is 48.7 Å². The van der Waals surface area contributed by atoms with E-state index in [4.69, 9.17) is 16.6 Å². The summed E-state index contributed by atoms with van der Waals surface area (Å²) in [4.78, 5) is 9.75. The summed E-state index contributed by atoms with van der Waals surface area (Å²) in [5, 5.41) is 8.75. The molecule has 28 heavy (non-hydrogen) atoms. The van der Waals surface area contributed by atoms with Gasteiger partial charge in [0.05, 0.1) is 12.2 Å². The first kappa shape index (κ1) is 20.7. The predicted molar refractivity (Wildman–Crippen MR) is 116 cm³/mol.